The normalized spacial score (nSPS) is 11.4. The van der Waals surface area contributed by atoms with Gasteiger partial charge in [-0.25, -0.2) is 9.78 Å². The number of hydrogen-bond donors (Lipinski definition) is 1. The van der Waals surface area contributed by atoms with Crippen molar-refractivity contribution in [2.45, 2.75) is 46.9 Å². The Morgan fingerprint density at radius 1 is 1.19 bits per heavy atom. The van der Waals surface area contributed by atoms with E-state index in [0.29, 0.717) is 33.8 Å². The highest BCUT2D eigenvalue weighted by Crippen LogP contribution is 2.26. The van der Waals surface area contributed by atoms with Gasteiger partial charge in [-0.15, -0.1) is 11.3 Å². The van der Waals surface area contributed by atoms with Gasteiger partial charge in [-0.1, -0.05) is 0 Å². The van der Waals surface area contributed by atoms with Crippen LogP contribution in [0.15, 0.2) is 29.1 Å². The van der Waals surface area contributed by atoms with Crippen LogP contribution in [-0.4, -0.2) is 46.5 Å². The fraction of sp³-hybridized carbons (Fsp3) is 0.391. The van der Waals surface area contributed by atoms with Gasteiger partial charge in [0.2, 0.25) is 5.91 Å². The van der Waals surface area contributed by atoms with E-state index in [-0.39, 0.29) is 24.1 Å². The van der Waals surface area contributed by atoms with E-state index in [2.05, 4.69) is 10.3 Å². The maximum atomic E-state index is 13.2. The Kier molecular flexibility index (Phi) is 7.10. The summed E-state index contributed by atoms with van der Waals surface area (Å²) >= 11 is 1.49. The highest BCUT2D eigenvalue weighted by Gasteiger charge is 2.19. The molecule has 0 atom stereocenters. The molecule has 0 aliphatic carbocycles. The molecule has 0 bridgehead atoms. The standard InChI is InChI=1S/C23H28N4O4S/c1-13(2)31-23(30)16-7-9-17(10-8-16)24-19(28)12-27-18(11-26(5)6)25-21-20(22(27)29)14(3)15(4)32-21/h7-10,13H,11-12H2,1-6H3,(H,24,28). The van der Waals surface area contributed by atoms with Gasteiger partial charge >= 0.3 is 5.97 Å². The van der Waals surface area contributed by atoms with Crippen LogP contribution in [0.3, 0.4) is 0 Å². The molecule has 0 aliphatic heterocycles. The van der Waals surface area contributed by atoms with Crippen LogP contribution in [0, 0.1) is 13.8 Å². The summed E-state index contributed by atoms with van der Waals surface area (Å²) in [5, 5.41) is 3.35. The number of carbonyl (C=O) groups is 2. The van der Waals surface area contributed by atoms with Crippen molar-refractivity contribution < 1.29 is 14.3 Å². The topological polar surface area (TPSA) is 93.5 Å². The summed E-state index contributed by atoms with van der Waals surface area (Å²) in [5.74, 6) is -0.232. The van der Waals surface area contributed by atoms with E-state index in [1.165, 1.54) is 15.9 Å². The minimum Gasteiger partial charge on any atom is -0.459 e. The Balaban J connectivity index is 1.84. The van der Waals surface area contributed by atoms with Gasteiger partial charge in [-0.2, -0.15) is 0 Å². The Hall–Kier alpha value is -3.04. The summed E-state index contributed by atoms with van der Waals surface area (Å²) in [7, 11) is 3.77. The lowest BCUT2D eigenvalue weighted by atomic mass is 10.2. The van der Waals surface area contributed by atoms with Crippen LogP contribution in [0.4, 0.5) is 5.69 Å². The molecule has 170 valence electrons. The van der Waals surface area contributed by atoms with Gasteiger partial charge in [0.25, 0.3) is 5.56 Å². The van der Waals surface area contributed by atoms with Gasteiger partial charge in [0.15, 0.2) is 0 Å². The lowest BCUT2D eigenvalue weighted by molar-refractivity contribution is -0.116. The van der Waals surface area contributed by atoms with Gasteiger partial charge in [0, 0.05) is 10.6 Å². The van der Waals surface area contributed by atoms with Crippen molar-refractivity contribution in [1.82, 2.24) is 14.5 Å². The Morgan fingerprint density at radius 3 is 2.44 bits per heavy atom. The molecule has 1 aromatic carbocycles. The molecule has 0 saturated carbocycles. The fourth-order valence-corrected chi connectivity index (χ4v) is 4.29. The van der Waals surface area contributed by atoms with Crippen molar-refractivity contribution in [3.63, 3.8) is 0 Å². The zero-order chi connectivity index (χ0) is 23.6. The number of nitrogens with zero attached hydrogens (tertiary/aromatic N) is 3. The van der Waals surface area contributed by atoms with Crippen molar-refractivity contribution >= 4 is 39.1 Å². The maximum Gasteiger partial charge on any atom is 0.338 e. The van der Waals surface area contributed by atoms with Gasteiger partial charge in [-0.05, 0) is 71.6 Å². The van der Waals surface area contributed by atoms with Crippen LogP contribution in [0.25, 0.3) is 10.2 Å². The predicted molar refractivity (Wildman–Crippen MR) is 126 cm³/mol. The predicted octanol–water partition coefficient (Wildman–Crippen LogP) is 3.34. The van der Waals surface area contributed by atoms with Crippen molar-refractivity contribution in [2.24, 2.45) is 0 Å². The Bertz CT molecular complexity index is 1210. The van der Waals surface area contributed by atoms with Gasteiger partial charge < -0.3 is 15.0 Å². The van der Waals surface area contributed by atoms with Gasteiger partial charge in [-0.3, -0.25) is 14.2 Å². The molecule has 0 radical (unpaired) electrons. The molecule has 3 aromatic rings. The van der Waals surface area contributed by atoms with Crippen molar-refractivity contribution in [3.8, 4) is 0 Å². The maximum absolute atomic E-state index is 13.2. The second-order valence-corrected chi connectivity index (χ2v) is 9.40. The van der Waals surface area contributed by atoms with Crippen molar-refractivity contribution in [2.75, 3.05) is 19.4 Å². The number of nitrogens with one attached hydrogen (secondary N) is 1. The number of ether oxygens (including phenoxy) is 1. The number of rotatable bonds is 7. The molecule has 8 nitrogen and oxygen atoms in total. The largest absolute Gasteiger partial charge is 0.459 e. The SMILES string of the molecule is Cc1sc2nc(CN(C)C)n(CC(=O)Nc3ccc(C(=O)OC(C)C)cc3)c(=O)c2c1C. The minimum absolute atomic E-state index is 0.156. The first-order chi connectivity index (χ1) is 15.1. The summed E-state index contributed by atoms with van der Waals surface area (Å²) in [6, 6.07) is 6.45. The van der Waals surface area contributed by atoms with E-state index in [4.69, 9.17) is 4.74 Å². The lowest BCUT2D eigenvalue weighted by Crippen LogP contribution is -2.32. The average Bonchev–Trinajstić information content (AvgIpc) is 2.98. The third kappa shape index (κ3) is 5.23. The Morgan fingerprint density at radius 2 is 1.84 bits per heavy atom. The van der Waals surface area contributed by atoms with Gasteiger partial charge in [0.1, 0.15) is 17.2 Å². The summed E-state index contributed by atoms with van der Waals surface area (Å²) in [6.07, 6.45) is -0.210. The van der Waals surface area contributed by atoms with E-state index in [1.807, 2.05) is 32.8 Å². The van der Waals surface area contributed by atoms with E-state index < -0.39 is 5.97 Å². The van der Waals surface area contributed by atoms with Crippen LogP contribution in [0.1, 0.15) is 40.5 Å². The molecule has 0 fully saturated rings. The van der Waals surface area contributed by atoms with Crippen LogP contribution >= 0.6 is 11.3 Å². The molecule has 0 saturated heterocycles. The van der Waals surface area contributed by atoms with E-state index in [0.717, 1.165) is 10.4 Å². The first-order valence-electron chi connectivity index (χ1n) is 10.3. The summed E-state index contributed by atoms with van der Waals surface area (Å²) < 4.78 is 6.60. The number of hydrogen-bond acceptors (Lipinski definition) is 7. The molecular formula is C23H28N4O4S. The molecule has 2 aromatic heterocycles. The second-order valence-electron chi connectivity index (χ2n) is 8.20. The third-order valence-electron chi connectivity index (χ3n) is 4.87. The van der Waals surface area contributed by atoms with E-state index in [1.54, 1.807) is 38.1 Å². The summed E-state index contributed by atoms with van der Waals surface area (Å²) in [4.78, 5) is 46.3. The molecule has 0 unspecified atom stereocenters. The third-order valence-corrected chi connectivity index (χ3v) is 5.98. The number of amides is 1. The quantitative estimate of drug-likeness (QED) is 0.548. The minimum atomic E-state index is -0.418. The number of esters is 1. The molecule has 1 amide bonds. The molecule has 9 heteroatoms. The average molecular weight is 457 g/mol. The van der Waals surface area contributed by atoms with Crippen molar-refractivity contribution in [1.29, 1.82) is 0 Å². The van der Waals surface area contributed by atoms with E-state index in [9.17, 15) is 14.4 Å². The van der Waals surface area contributed by atoms with E-state index >= 15 is 0 Å². The van der Waals surface area contributed by atoms with Crippen LogP contribution in [-0.2, 0) is 22.6 Å². The number of thiophene rings is 1. The second kappa shape index (κ2) is 9.62. The zero-order valence-electron chi connectivity index (χ0n) is 19.2. The molecule has 0 aliphatic rings. The summed E-state index contributed by atoms with van der Waals surface area (Å²) in [5.41, 5.74) is 1.61. The Labute approximate surface area is 190 Å². The van der Waals surface area contributed by atoms with Crippen LogP contribution in [0.2, 0.25) is 0 Å². The number of fused-ring (bicyclic) bond motifs is 1. The highest BCUT2D eigenvalue weighted by molar-refractivity contribution is 7.18. The fourth-order valence-electron chi connectivity index (χ4n) is 3.25. The molecule has 2 heterocycles. The molecular weight excluding hydrogens is 428 g/mol. The summed E-state index contributed by atoms with van der Waals surface area (Å²) in [6.45, 7) is 7.70. The number of aryl methyl sites for hydroxylation is 2. The molecule has 3 rings (SSSR count). The number of benzene rings is 1. The van der Waals surface area contributed by atoms with Crippen LogP contribution in [0.5, 0.6) is 0 Å². The lowest BCUT2D eigenvalue weighted by Gasteiger charge is -2.16. The zero-order valence-corrected chi connectivity index (χ0v) is 20.0. The van der Waals surface area contributed by atoms with Gasteiger partial charge in [0.05, 0.1) is 23.6 Å². The first-order valence-corrected chi connectivity index (χ1v) is 11.1. The number of anilines is 1. The molecule has 32 heavy (non-hydrogen) atoms. The highest BCUT2D eigenvalue weighted by atomic mass is 32.1. The number of carbonyl (C=O) groups excluding carboxylic acids is 2. The monoisotopic (exact) mass is 456 g/mol. The number of aromatic nitrogens is 2. The first kappa shape index (κ1) is 23.6. The molecule has 1 N–H and O–H groups in total. The smallest absolute Gasteiger partial charge is 0.338 e. The van der Waals surface area contributed by atoms with Crippen LogP contribution < -0.4 is 10.9 Å². The molecule has 0 spiro atoms. The van der Waals surface area contributed by atoms with Crippen molar-refractivity contribution in [3.05, 3.63) is 56.4 Å².